The monoisotopic (exact) mass is 470 g/mol. The van der Waals surface area contributed by atoms with Gasteiger partial charge >= 0.3 is 0 Å². The van der Waals surface area contributed by atoms with Crippen LogP contribution in [0, 0.1) is 0 Å². The summed E-state index contributed by atoms with van der Waals surface area (Å²) in [5.74, 6) is 0.554. The molecule has 1 amide bonds. The minimum absolute atomic E-state index is 0. The number of halogens is 1. The maximum Gasteiger partial charge on any atom is 0.262 e. The van der Waals surface area contributed by atoms with Crippen molar-refractivity contribution in [1.82, 2.24) is 9.97 Å². The molecule has 1 aliphatic rings. The summed E-state index contributed by atoms with van der Waals surface area (Å²) in [6.45, 7) is 0.871. The number of aromatic nitrogens is 2. The Kier molecular flexibility index (Phi) is 5.55. The molecule has 0 bridgehead atoms. The number of H-pyrrole nitrogens is 1. The smallest absolute Gasteiger partial charge is 0.262 e. The second-order valence-electron chi connectivity index (χ2n) is 6.62. The summed E-state index contributed by atoms with van der Waals surface area (Å²) in [5.41, 5.74) is 4.98. The number of rotatable bonds is 5. The van der Waals surface area contributed by atoms with E-state index in [1.54, 1.807) is 11.3 Å². The van der Waals surface area contributed by atoms with Gasteiger partial charge in [0, 0.05) is 34.6 Å². The highest BCUT2D eigenvalue weighted by Gasteiger charge is 2.17. The Balaban J connectivity index is 0.00000205. The molecule has 0 fully saturated rings. The van der Waals surface area contributed by atoms with Crippen LogP contribution in [0.3, 0.4) is 0 Å². The van der Waals surface area contributed by atoms with Gasteiger partial charge in [-0.25, -0.2) is 4.98 Å². The van der Waals surface area contributed by atoms with Gasteiger partial charge in [0.15, 0.2) is 11.7 Å². The predicted octanol–water partition coefficient (Wildman–Crippen LogP) is 4.85. The number of nitrogens with zero attached hydrogens (tertiary/aromatic N) is 1. The largest absolute Gasteiger partial charge is 0.482 e. The zero-order valence-electron chi connectivity index (χ0n) is 15.4. The number of benzene rings is 2. The van der Waals surface area contributed by atoms with Gasteiger partial charge in [0.05, 0.1) is 11.4 Å². The van der Waals surface area contributed by atoms with E-state index in [1.807, 2.05) is 29.6 Å². The van der Waals surface area contributed by atoms with Crippen molar-refractivity contribution in [3.8, 4) is 17.0 Å². The van der Waals surface area contributed by atoms with E-state index in [0.29, 0.717) is 11.4 Å². The van der Waals surface area contributed by atoms with Gasteiger partial charge in [0.25, 0.3) is 5.91 Å². The van der Waals surface area contributed by atoms with Crippen LogP contribution in [0.2, 0.25) is 0 Å². The van der Waals surface area contributed by atoms with E-state index in [0.717, 1.165) is 34.9 Å². The van der Waals surface area contributed by atoms with E-state index >= 15 is 0 Å². The van der Waals surface area contributed by atoms with Crippen LogP contribution in [0.5, 0.6) is 5.75 Å². The van der Waals surface area contributed by atoms with Gasteiger partial charge in [-0.1, -0.05) is 18.2 Å². The van der Waals surface area contributed by atoms with Gasteiger partial charge in [-0.3, -0.25) is 4.79 Å². The number of nitrogens with one attached hydrogen (secondary N) is 3. The molecule has 0 saturated carbocycles. The normalized spacial score (nSPS) is 12.6. The minimum atomic E-state index is -0.137. The number of fused-ring (bicyclic) bond motifs is 2. The number of hydrogen-bond acceptors (Lipinski definition) is 5. The third-order valence-corrected chi connectivity index (χ3v) is 5.56. The summed E-state index contributed by atoms with van der Waals surface area (Å²) in [6, 6.07) is 14.1. The highest BCUT2D eigenvalue weighted by atomic mass is 79.9. The summed E-state index contributed by atoms with van der Waals surface area (Å²) in [6.07, 6.45) is 2.99. The fourth-order valence-electron chi connectivity index (χ4n) is 3.37. The van der Waals surface area contributed by atoms with Crippen molar-refractivity contribution in [2.75, 3.05) is 23.8 Å². The number of ether oxygens (including phenoxy) is 1. The lowest BCUT2D eigenvalue weighted by Gasteiger charge is -2.18. The van der Waals surface area contributed by atoms with Gasteiger partial charge < -0.3 is 20.4 Å². The van der Waals surface area contributed by atoms with Crippen molar-refractivity contribution < 1.29 is 9.53 Å². The number of thiazole rings is 1. The molecule has 3 heterocycles. The van der Waals surface area contributed by atoms with Crippen molar-refractivity contribution in [1.29, 1.82) is 0 Å². The molecule has 8 heteroatoms. The molecule has 3 N–H and O–H groups in total. The van der Waals surface area contributed by atoms with Gasteiger partial charge in [-0.05, 0) is 36.2 Å². The Bertz CT molecular complexity index is 1170. The van der Waals surface area contributed by atoms with Crippen LogP contribution < -0.4 is 15.4 Å². The molecule has 0 saturated heterocycles. The summed E-state index contributed by atoms with van der Waals surface area (Å²) >= 11 is 1.57. The summed E-state index contributed by atoms with van der Waals surface area (Å²) < 4.78 is 5.41. The number of hydrogen-bond donors (Lipinski definition) is 3. The fourth-order valence-corrected chi connectivity index (χ4v) is 4.12. The molecule has 0 unspecified atom stereocenters. The van der Waals surface area contributed by atoms with Crippen molar-refractivity contribution in [3.05, 3.63) is 59.6 Å². The molecule has 5 rings (SSSR count). The standard InChI is InChI=1S/C21H18N4O2S.BrH/c26-20-11-27-19-6-5-13(9-17(19)24-20)18-12-28-21(25-18)22-8-7-14-10-23-16-4-2-1-3-15(14)16;/h1-6,9-10,12,23H,7-8,11H2,(H,22,25)(H,24,26);1H. The maximum absolute atomic E-state index is 11.5. The third kappa shape index (κ3) is 3.99. The van der Waals surface area contributed by atoms with Crippen LogP contribution in [0.4, 0.5) is 10.8 Å². The molecule has 29 heavy (non-hydrogen) atoms. The first-order chi connectivity index (χ1) is 13.8. The lowest BCUT2D eigenvalue weighted by Crippen LogP contribution is -2.25. The van der Waals surface area contributed by atoms with Gasteiger partial charge in [-0.15, -0.1) is 28.3 Å². The van der Waals surface area contributed by atoms with E-state index in [2.05, 4.69) is 45.0 Å². The highest BCUT2D eigenvalue weighted by molar-refractivity contribution is 8.93. The van der Waals surface area contributed by atoms with E-state index in [9.17, 15) is 4.79 Å². The molecule has 0 spiro atoms. The molecule has 0 aliphatic carbocycles. The summed E-state index contributed by atoms with van der Waals surface area (Å²) in [7, 11) is 0. The molecule has 1 aliphatic heterocycles. The second-order valence-corrected chi connectivity index (χ2v) is 7.48. The number of carbonyl (C=O) groups is 1. The lowest BCUT2D eigenvalue weighted by atomic mass is 10.1. The quantitative estimate of drug-likeness (QED) is 0.389. The van der Waals surface area contributed by atoms with Crippen molar-refractivity contribution >= 4 is 55.9 Å². The Morgan fingerprint density at radius 1 is 1.21 bits per heavy atom. The second kappa shape index (κ2) is 8.26. The highest BCUT2D eigenvalue weighted by Crippen LogP contribution is 2.33. The number of para-hydroxylation sites is 1. The number of carbonyl (C=O) groups excluding carboxylic acids is 1. The molecule has 0 radical (unpaired) electrons. The third-order valence-electron chi connectivity index (χ3n) is 4.76. The lowest BCUT2D eigenvalue weighted by molar-refractivity contribution is -0.118. The Morgan fingerprint density at radius 2 is 2.10 bits per heavy atom. The van der Waals surface area contributed by atoms with Crippen LogP contribution in [-0.4, -0.2) is 29.0 Å². The molecular formula is C21H19BrN4O2S. The summed E-state index contributed by atoms with van der Waals surface area (Å²) in [4.78, 5) is 19.5. The zero-order valence-corrected chi connectivity index (χ0v) is 17.9. The molecule has 4 aromatic rings. The van der Waals surface area contributed by atoms with E-state index in [1.165, 1.54) is 10.9 Å². The molecule has 2 aromatic carbocycles. The maximum atomic E-state index is 11.5. The molecule has 2 aromatic heterocycles. The number of amides is 1. The van der Waals surface area contributed by atoms with Crippen LogP contribution >= 0.6 is 28.3 Å². The topological polar surface area (TPSA) is 79.0 Å². The Labute approximate surface area is 182 Å². The first-order valence-corrected chi connectivity index (χ1v) is 9.96. The van der Waals surface area contributed by atoms with E-state index < -0.39 is 0 Å². The van der Waals surface area contributed by atoms with Crippen LogP contribution in [-0.2, 0) is 11.2 Å². The average Bonchev–Trinajstić information content (AvgIpc) is 3.35. The minimum Gasteiger partial charge on any atom is -0.482 e. The SMILES string of the molecule is Br.O=C1COc2ccc(-c3csc(NCCc4c[nH]c5ccccc45)n3)cc2N1. The molecule has 6 nitrogen and oxygen atoms in total. The van der Waals surface area contributed by atoms with Crippen LogP contribution in [0.15, 0.2) is 54.0 Å². The first-order valence-electron chi connectivity index (χ1n) is 9.08. The fraction of sp³-hybridized carbons (Fsp3) is 0.143. The van der Waals surface area contributed by atoms with Crippen molar-refractivity contribution in [2.45, 2.75) is 6.42 Å². The first kappa shape index (κ1) is 19.5. The average molecular weight is 471 g/mol. The van der Waals surface area contributed by atoms with Gasteiger partial charge in [0.2, 0.25) is 0 Å². The van der Waals surface area contributed by atoms with Crippen molar-refractivity contribution in [3.63, 3.8) is 0 Å². The summed E-state index contributed by atoms with van der Waals surface area (Å²) in [5, 5.41) is 10.4. The Morgan fingerprint density at radius 3 is 3.03 bits per heavy atom. The van der Waals surface area contributed by atoms with Crippen LogP contribution in [0.25, 0.3) is 22.2 Å². The van der Waals surface area contributed by atoms with Gasteiger partial charge in [-0.2, -0.15) is 0 Å². The molecule has 148 valence electrons. The number of anilines is 2. The van der Waals surface area contributed by atoms with E-state index in [4.69, 9.17) is 4.74 Å². The van der Waals surface area contributed by atoms with Gasteiger partial charge in [0.1, 0.15) is 5.75 Å². The van der Waals surface area contributed by atoms with Crippen molar-refractivity contribution in [2.24, 2.45) is 0 Å². The molecular weight excluding hydrogens is 452 g/mol. The van der Waals surface area contributed by atoms with E-state index in [-0.39, 0.29) is 29.5 Å². The molecule has 0 atom stereocenters. The predicted molar refractivity (Wildman–Crippen MR) is 122 cm³/mol. The number of aromatic amines is 1. The zero-order chi connectivity index (χ0) is 18.9. The van der Waals surface area contributed by atoms with Crippen LogP contribution in [0.1, 0.15) is 5.56 Å². The Hall–Kier alpha value is -2.84.